The van der Waals surface area contributed by atoms with Crippen molar-refractivity contribution in [2.24, 2.45) is 0 Å². The van der Waals surface area contributed by atoms with Crippen LogP contribution in [0.3, 0.4) is 0 Å². The van der Waals surface area contributed by atoms with Crippen LogP contribution in [-0.2, 0) is 6.54 Å². The van der Waals surface area contributed by atoms with Gasteiger partial charge in [-0.15, -0.1) is 0 Å². The van der Waals surface area contributed by atoms with Crippen LogP contribution in [0.1, 0.15) is 45.9 Å². The largest absolute Gasteiger partial charge is 0.351 e. The van der Waals surface area contributed by atoms with Crippen LogP contribution in [0.15, 0.2) is 85.1 Å². The SMILES string of the molecule is Cc1ccc(N2C(=S)N[C@H](c3ccccn3)[C@H]2c2cc(C)n(Cc3ccccc3)c2C)cc1. The fourth-order valence-electron chi connectivity index (χ4n) is 4.79. The van der Waals surface area contributed by atoms with Crippen molar-refractivity contribution in [3.63, 3.8) is 0 Å². The van der Waals surface area contributed by atoms with E-state index in [9.17, 15) is 0 Å². The Morgan fingerprint density at radius 1 is 0.909 bits per heavy atom. The Bertz CT molecular complexity index is 1260. The van der Waals surface area contributed by atoms with E-state index in [4.69, 9.17) is 12.2 Å². The molecule has 3 heterocycles. The normalized spacial score (nSPS) is 17.9. The monoisotopic (exact) mass is 452 g/mol. The van der Waals surface area contributed by atoms with Gasteiger partial charge in [-0.25, -0.2) is 0 Å². The highest BCUT2D eigenvalue weighted by Crippen LogP contribution is 2.43. The average molecular weight is 453 g/mol. The maximum Gasteiger partial charge on any atom is 0.174 e. The molecule has 1 aliphatic rings. The van der Waals surface area contributed by atoms with Gasteiger partial charge >= 0.3 is 0 Å². The number of rotatable bonds is 5. The highest BCUT2D eigenvalue weighted by Gasteiger charge is 2.42. The van der Waals surface area contributed by atoms with E-state index in [1.54, 1.807) is 0 Å². The fraction of sp³-hybridized carbons (Fsp3) is 0.214. The van der Waals surface area contributed by atoms with Crippen LogP contribution in [0.5, 0.6) is 0 Å². The summed E-state index contributed by atoms with van der Waals surface area (Å²) in [5.74, 6) is 0. The topological polar surface area (TPSA) is 33.1 Å². The number of hydrogen-bond acceptors (Lipinski definition) is 2. The van der Waals surface area contributed by atoms with Crippen LogP contribution < -0.4 is 10.2 Å². The molecule has 2 aromatic heterocycles. The molecule has 0 saturated carbocycles. The summed E-state index contributed by atoms with van der Waals surface area (Å²) >= 11 is 5.88. The molecule has 5 rings (SSSR count). The van der Waals surface area contributed by atoms with Crippen LogP contribution >= 0.6 is 12.2 Å². The molecule has 0 radical (unpaired) electrons. The van der Waals surface area contributed by atoms with E-state index in [0.717, 1.165) is 23.0 Å². The van der Waals surface area contributed by atoms with Gasteiger partial charge in [0.15, 0.2) is 5.11 Å². The molecule has 0 aliphatic carbocycles. The van der Waals surface area contributed by atoms with Gasteiger partial charge in [-0.05, 0) is 74.4 Å². The molecule has 0 amide bonds. The molecule has 33 heavy (non-hydrogen) atoms. The number of thiocarbonyl (C=S) groups is 1. The van der Waals surface area contributed by atoms with Crippen molar-refractivity contribution in [3.05, 3.63) is 119 Å². The van der Waals surface area contributed by atoms with Crippen molar-refractivity contribution in [2.45, 2.75) is 39.4 Å². The number of benzene rings is 2. The Balaban J connectivity index is 1.62. The van der Waals surface area contributed by atoms with Crippen molar-refractivity contribution in [2.75, 3.05) is 4.90 Å². The molecule has 2 atom stereocenters. The molecule has 1 saturated heterocycles. The molecule has 166 valence electrons. The Labute approximate surface area is 200 Å². The number of pyridine rings is 1. The van der Waals surface area contributed by atoms with Crippen molar-refractivity contribution in [1.29, 1.82) is 0 Å². The quantitative estimate of drug-likeness (QED) is 0.375. The molecule has 0 spiro atoms. The Kier molecular flexibility index (Phi) is 5.73. The van der Waals surface area contributed by atoms with Gasteiger partial charge < -0.3 is 14.8 Å². The van der Waals surface area contributed by atoms with E-state index in [-0.39, 0.29) is 12.1 Å². The highest BCUT2D eigenvalue weighted by molar-refractivity contribution is 7.80. The minimum Gasteiger partial charge on any atom is -0.351 e. The molecule has 2 aromatic carbocycles. The number of aromatic nitrogens is 2. The molecular formula is C28H28N4S. The summed E-state index contributed by atoms with van der Waals surface area (Å²) in [5.41, 5.74) is 8.38. The van der Waals surface area contributed by atoms with E-state index in [1.807, 2.05) is 18.3 Å². The Hall–Kier alpha value is -3.44. The third-order valence-corrected chi connectivity index (χ3v) is 6.84. The molecule has 0 bridgehead atoms. The van der Waals surface area contributed by atoms with Crippen molar-refractivity contribution < 1.29 is 0 Å². The van der Waals surface area contributed by atoms with Crippen LogP contribution in [0.25, 0.3) is 0 Å². The first kappa shape index (κ1) is 21.4. The van der Waals surface area contributed by atoms with E-state index in [1.165, 1.54) is 28.1 Å². The lowest BCUT2D eigenvalue weighted by Gasteiger charge is -2.28. The maximum absolute atomic E-state index is 5.88. The fourth-order valence-corrected chi connectivity index (χ4v) is 5.14. The summed E-state index contributed by atoms with van der Waals surface area (Å²) < 4.78 is 2.40. The van der Waals surface area contributed by atoms with Gasteiger partial charge in [-0.2, -0.15) is 0 Å². The van der Waals surface area contributed by atoms with Crippen molar-refractivity contribution in [1.82, 2.24) is 14.9 Å². The molecule has 1 N–H and O–H groups in total. The van der Waals surface area contributed by atoms with E-state index < -0.39 is 0 Å². The van der Waals surface area contributed by atoms with Crippen LogP contribution in [0.4, 0.5) is 5.69 Å². The van der Waals surface area contributed by atoms with Crippen molar-refractivity contribution >= 4 is 23.0 Å². The third kappa shape index (κ3) is 4.05. The molecule has 1 aliphatic heterocycles. The lowest BCUT2D eigenvalue weighted by atomic mass is 9.96. The molecule has 0 unspecified atom stereocenters. The van der Waals surface area contributed by atoms with Gasteiger partial charge in [0.1, 0.15) is 0 Å². The lowest BCUT2D eigenvalue weighted by molar-refractivity contribution is 0.563. The van der Waals surface area contributed by atoms with Crippen LogP contribution in [-0.4, -0.2) is 14.7 Å². The molecule has 5 heteroatoms. The minimum absolute atomic E-state index is 0.00540. The third-order valence-electron chi connectivity index (χ3n) is 6.53. The zero-order valence-electron chi connectivity index (χ0n) is 19.2. The number of hydrogen-bond donors (Lipinski definition) is 1. The maximum atomic E-state index is 5.88. The number of aryl methyl sites for hydroxylation is 2. The second kappa shape index (κ2) is 8.83. The molecule has 4 nitrogen and oxygen atoms in total. The van der Waals surface area contributed by atoms with Gasteiger partial charge in [0, 0.05) is 29.8 Å². The Morgan fingerprint density at radius 2 is 1.64 bits per heavy atom. The number of nitrogens with one attached hydrogen (secondary N) is 1. The number of anilines is 1. The van der Waals surface area contributed by atoms with Gasteiger partial charge in [-0.1, -0.05) is 54.1 Å². The highest BCUT2D eigenvalue weighted by atomic mass is 32.1. The first-order valence-corrected chi connectivity index (χ1v) is 11.7. The van der Waals surface area contributed by atoms with Crippen LogP contribution in [0.2, 0.25) is 0 Å². The summed E-state index contributed by atoms with van der Waals surface area (Å²) in [5, 5.41) is 4.30. The predicted molar refractivity (Wildman–Crippen MR) is 139 cm³/mol. The average Bonchev–Trinajstić information content (AvgIpc) is 3.32. The van der Waals surface area contributed by atoms with E-state index >= 15 is 0 Å². The molecule has 1 fully saturated rings. The zero-order chi connectivity index (χ0) is 22.9. The van der Waals surface area contributed by atoms with Gasteiger partial charge in [-0.3, -0.25) is 4.98 Å². The van der Waals surface area contributed by atoms with E-state index in [0.29, 0.717) is 0 Å². The first-order valence-electron chi connectivity index (χ1n) is 11.3. The summed E-state index contributed by atoms with van der Waals surface area (Å²) in [6, 6.07) is 27.6. The van der Waals surface area contributed by atoms with Gasteiger partial charge in [0.05, 0.1) is 17.8 Å². The molecular weight excluding hydrogens is 424 g/mol. The second-order valence-electron chi connectivity index (χ2n) is 8.73. The minimum atomic E-state index is -0.0364. The second-order valence-corrected chi connectivity index (χ2v) is 9.12. The first-order chi connectivity index (χ1) is 16.0. The zero-order valence-corrected chi connectivity index (χ0v) is 20.0. The predicted octanol–water partition coefficient (Wildman–Crippen LogP) is 6.03. The molecule has 4 aromatic rings. The van der Waals surface area contributed by atoms with Crippen molar-refractivity contribution in [3.8, 4) is 0 Å². The van der Waals surface area contributed by atoms with Gasteiger partial charge in [0.2, 0.25) is 0 Å². The smallest absolute Gasteiger partial charge is 0.174 e. The summed E-state index contributed by atoms with van der Waals surface area (Å²) in [7, 11) is 0. The van der Waals surface area contributed by atoms with Crippen LogP contribution in [0, 0.1) is 20.8 Å². The van der Waals surface area contributed by atoms with E-state index in [2.05, 4.69) is 107 Å². The lowest BCUT2D eigenvalue weighted by Crippen LogP contribution is -2.29. The standard InChI is InChI=1S/C28H28N4S/c1-19-12-14-23(15-13-19)32-27(26(30-28(32)33)25-11-7-8-16-29-25)24-17-20(2)31(21(24)3)18-22-9-5-4-6-10-22/h4-17,26-27H,18H2,1-3H3,(H,30,33)/t26-,27-/m1/s1. The summed E-state index contributed by atoms with van der Waals surface area (Å²) in [6.45, 7) is 7.36. The number of nitrogens with zero attached hydrogens (tertiary/aromatic N) is 3. The summed E-state index contributed by atoms with van der Waals surface area (Å²) in [4.78, 5) is 6.94. The summed E-state index contributed by atoms with van der Waals surface area (Å²) in [6.07, 6.45) is 1.85. The van der Waals surface area contributed by atoms with Gasteiger partial charge in [0.25, 0.3) is 0 Å². The Morgan fingerprint density at radius 3 is 2.33 bits per heavy atom.